The van der Waals surface area contributed by atoms with Gasteiger partial charge in [0.2, 0.25) is 0 Å². The van der Waals surface area contributed by atoms with Crippen molar-refractivity contribution in [2.45, 2.75) is 40.2 Å². The number of para-hydroxylation sites is 1. The molecule has 1 aliphatic rings. The summed E-state index contributed by atoms with van der Waals surface area (Å²) in [7, 11) is 2.01. The maximum absolute atomic E-state index is 3.40. The standard InChI is InChI=1S/C10H14N2.2C2H6/c1-11-9-6-8-4-2-3-5-10(8)12-7-9;2*1-2/h2-5,9,11-12H,6-7H2,1H3;2*1-2H3. The summed E-state index contributed by atoms with van der Waals surface area (Å²) in [6, 6.07) is 9.08. The molecule has 0 saturated heterocycles. The normalized spacial score (nSPS) is 16.7. The lowest BCUT2D eigenvalue weighted by molar-refractivity contribution is 0.570. The Hall–Kier alpha value is -1.02. The SMILES string of the molecule is CC.CC.CNC1CNc2ccccc2C1. The van der Waals surface area contributed by atoms with Crippen molar-refractivity contribution in [2.24, 2.45) is 0 Å². The fraction of sp³-hybridized carbons (Fsp3) is 0.571. The summed E-state index contributed by atoms with van der Waals surface area (Å²) in [6.07, 6.45) is 1.14. The number of fused-ring (bicyclic) bond motifs is 1. The maximum Gasteiger partial charge on any atom is 0.0373 e. The topological polar surface area (TPSA) is 24.1 Å². The molecule has 0 fully saturated rings. The number of benzene rings is 1. The van der Waals surface area contributed by atoms with Crippen LogP contribution in [0.25, 0.3) is 0 Å². The second-order valence-electron chi connectivity index (χ2n) is 3.23. The third-order valence-electron chi connectivity index (χ3n) is 2.43. The van der Waals surface area contributed by atoms with Gasteiger partial charge < -0.3 is 10.6 Å². The van der Waals surface area contributed by atoms with Crippen LogP contribution in [0.4, 0.5) is 5.69 Å². The summed E-state index contributed by atoms with van der Waals surface area (Å²) < 4.78 is 0. The van der Waals surface area contributed by atoms with E-state index in [0.717, 1.165) is 13.0 Å². The Bertz CT molecular complexity index is 271. The molecule has 2 heteroatoms. The molecule has 0 saturated carbocycles. The Labute approximate surface area is 100 Å². The molecule has 1 aromatic rings. The molecule has 16 heavy (non-hydrogen) atoms. The van der Waals surface area contributed by atoms with Crippen molar-refractivity contribution in [3.63, 3.8) is 0 Å². The minimum Gasteiger partial charge on any atom is -0.383 e. The highest BCUT2D eigenvalue weighted by Gasteiger charge is 2.14. The minimum absolute atomic E-state index is 0.583. The fourth-order valence-corrected chi connectivity index (χ4v) is 1.65. The van der Waals surface area contributed by atoms with Gasteiger partial charge in [0.05, 0.1) is 0 Å². The van der Waals surface area contributed by atoms with E-state index in [9.17, 15) is 0 Å². The third kappa shape index (κ3) is 4.23. The number of anilines is 1. The van der Waals surface area contributed by atoms with Crippen molar-refractivity contribution in [3.05, 3.63) is 29.8 Å². The van der Waals surface area contributed by atoms with Crippen LogP contribution in [0.2, 0.25) is 0 Å². The number of nitrogens with one attached hydrogen (secondary N) is 2. The first-order chi connectivity index (χ1) is 7.90. The van der Waals surface area contributed by atoms with E-state index in [1.54, 1.807) is 0 Å². The zero-order valence-corrected chi connectivity index (χ0v) is 11.3. The molecule has 0 aromatic heterocycles. The molecule has 1 unspecified atom stereocenters. The van der Waals surface area contributed by atoms with Gasteiger partial charge in [-0.15, -0.1) is 0 Å². The monoisotopic (exact) mass is 222 g/mol. The van der Waals surface area contributed by atoms with Crippen molar-refractivity contribution < 1.29 is 0 Å². The van der Waals surface area contributed by atoms with Crippen LogP contribution in [0.3, 0.4) is 0 Å². The van der Waals surface area contributed by atoms with Gasteiger partial charge in [0, 0.05) is 18.3 Å². The molecule has 0 bridgehead atoms. The molecule has 2 nitrogen and oxygen atoms in total. The molecule has 1 aliphatic heterocycles. The van der Waals surface area contributed by atoms with Crippen LogP contribution in [0.15, 0.2) is 24.3 Å². The van der Waals surface area contributed by atoms with Crippen LogP contribution in [-0.2, 0) is 6.42 Å². The van der Waals surface area contributed by atoms with E-state index in [2.05, 4.69) is 34.9 Å². The van der Waals surface area contributed by atoms with Gasteiger partial charge in [0.25, 0.3) is 0 Å². The van der Waals surface area contributed by atoms with Crippen LogP contribution in [0.5, 0.6) is 0 Å². The molecule has 0 spiro atoms. The van der Waals surface area contributed by atoms with Crippen molar-refractivity contribution in [1.82, 2.24) is 5.32 Å². The van der Waals surface area contributed by atoms with E-state index >= 15 is 0 Å². The van der Waals surface area contributed by atoms with Gasteiger partial charge in [-0.3, -0.25) is 0 Å². The Balaban J connectivity index is 0.000000509. The number of hydrogen-bond acceptors (Lipinski definition) is 2. The van der Waals surface area contributed by atoms with Gasteiger partial charge in [-0.05, 0) is 25.1 Å². The lowest BCUT2D eigenvalue weighted by Crippen LogP contribution is -2.37. The van der Waals surface area contributed by atoms with Crippen LogP contribution < -0.4 is 10.6 Å². The number of rotatable bonds is 1. The predicted octanol–water partition coefficient (Wildman–Crippen LogP) is 3.30. The maximum atomic E-state index is 3.40. The fourth-order valence-electron chi connectivity index (χ4n) is 1.65. The first-order valence-electron chi connectivity index (χ1n) is 6.39. The molecule has 1 aromatic carbocycles. The summed E-state index contributed by atoms with van der Waals surface area (Å²) in [4.78, 5) is 0. The zero-order chi connectivity index (χ0) is 12.4. The minimum atomic E-state index is 0.583. The van der Waals surface area contributed by atoms with Crippen LogP contribution in [-0.4, -0.2) is 19.6 Å². The first-order valence-corrected chi connectivity index (χ1v) is 6.39. The Morgan fingerprint density at radius 3 is 2.38 bits per heavy atom. The van der Waals surface area contributed by atoms with E-state index in [-0.39, 0.29) is 0 Å². The van der Waals surface area contributed by atoms with Crippen LogP contribution in [0.1, 0.15) is 33.3 Å². The molecular formula is C14H26N2. The van der Waals surface area contributed by atoms with Gasteiger partial charge in [0.15, 0.2) is 0 Å². The van der Waals surface area contributed by atoms with Crippen molar-refractivity contribution in [1.29, 1.82) is 0 Å². The van der Waals surface area contributed by atoms with Crippen molar-refractivity contribution in [2.75, 3.05) is 18.9 Å². The Morgan fingerprint density at radius 2 is 1.75 bits per heavy atom. The highest BCUT2D eigenvalue weighted by molar-refractivity contribution is 5.53. The highest BCUT2D eigenvalue weighted by Crippen LogP contribution is 2.20. The van der Waals surface area contributed by atoms with E-state index in [1.807, 2.05) is 34.7 Å². The average molecular weight is 222 g/mol. The number of hydrogen-bond donors (Lipinski definition) is 2. The molecular weight excluding hydrogens is 196 g/mol. The largest absolute Gasteiger partial charge is 0.383 e. The second-order valence-corrected chi connectivity index (χ2v) is 3.23. The van der Waals surface area contributed by atoms with E-state index in [4.69, 9.17) is 0 Å². The van der Waals surface area contributed by atoms with E-state index in [0.29, 0.717) is 6.04 Å². The predicted molar refractivity (Wildman–Crippen MR) is 74.2 cm³/mol. The molecule has 92 valence electrons. The average Bonchev–Trinajstić information content (AvgIpc) is 2.42. The molecule has 2 N–H and O–H groups in total. The van der Waals surface area contributed by atoms with Gasteiger partial charge in [-0.1, -0.05) is 45.9 Å². The molecule has 1 atom stereocenters. The van der Waals surface area contributed by atoms with Crippen molar-refractivity contribution in [3.8, 4) is 0 Å². The van der Waals surface area contributed by atoms with Gasteiger partial charge in [-0.2, -0.15) is 0 Å². The lowest BCUT2D eigenvalue weighted by atomic mass is 10.0. The van der Waals surface area contributed by atoms with Gasteiger partial charge in [0.1, 0.15) is 0 Å². The van der Waals surface area contributed by atoms with Crippen molar-refractivity contribution >= 4 is 5.69 Å². The zero-order valence-electron chi connectivity index (χ0n) is 11.3. The molecule has 0 radical (unpaired) electrons. The summed E-state index contributed by atoms with van der Waals surface area (Å²) in [5, 5.41) is 6.68. The molecule has 0 amide bonds. The highest BCUT2D eigenvalue weighted by atomic mass is 15.0. The summed E-state index contributed by atoms with van der Waals surface area (Å²) >= 11 is 0. The quantitative estimate of drug-likeness (QED) is 0.762. The van der Waals surface area contributed by atoms with Gasteiger partial charge >= 0.3 is 0 Å². The first kappa shape index (κ1) is 15.0. The third-order valence-corrected chi connectivity index (χ3v) is 2.43. The Morgan fingerprint density at radius 1 is 1.12 bits per heavy atom. The summed E-state index contributed by atoms with van der Waals surface area (Å²) in [5.74, 6) is 0. The summed E-state index contributed by atoms with van der Waals surface area (Å²) in [6.45, 7) is 9.04. The summed E-state index contributed by atoms with van der Waals surface area (Å²) in [5.41, 5.74) is 2.71. The molecule has 1 heterocycles. The van der Waals surface area contributed by atoms with Gasteiger partial charge in [-0.25, -0.2) is 0 Å². The number of likely N-dealkylation sites (N-methyl/N-ethyl adjacent to an activating group) is 1. The van der Waals surface area contributed by atoms with E-state index in [1.165, 1.54) is 11.3 Å². The smallest absolute Gasteiger partial charge is 0.0373 e. The van der Waals surface area contributed by atoms with E-state index < -0.39 is 0 Å². The second kappa shape index (κ2) is 9.22. The Kier molecular flexibility index (Phi) is 8.64. The van der Waals surface area contributed by atoms with Crippen LogP contribution >= 0.6 is 0 Å². The molecule has 0 aliphatic carbocycles. The lowest BCUT2D eigenvalue weighted by Gasteiger charge is -2.25. The van der Waals surface area contributed by atoms with Crippen LogP contribution in [0, 0.1) is 0 Å². The molecule has 2 rings (SSSR count).